The lowest BCUT2D eigenvalue weighted by atomic mass is 10.0. The van der Waals surface area contributed by atoms with Crippen LogP contribution in [0.2, 0.25) is 0 Å². The van der Waals surface area contributed by atoms with E-state index in [1.807, 2.05) is 36.2 Å². The van der Waals surface area contributed by atoms with E-state index in [1.54, 1.807) is 18.2 Å². The number of benzene rings is 3. The van der Waals surface area contributed by atoms with Gasteiger partial charge in [-0.25, -0.2) is 8.78 Å². The number of halogens is 2. The molecule has 3 heterocycles. The molecule has 42 heavy (non-hydrogen) atoms. The van der Waals surface area contributed by atoms with Gasteiger partial charge in [0.2, 0.25) is 11.8 Å². The summed E-state index contributed by atoms with van der Waals surface area (Å²) in [5.74, 6) is -2.72. The fraction of sp³-hybridized carbons (Fsp3) is 0.226. The van der Waals surface area contributed by atoms with Gasteiger partial charge in [0.15, 0.2) is 0 Å². The Bertz CT molecular complexity index is 1780. The third-order valence-electron chi connectivity index (χ3n) is 7.71. The largest absolute Gasteiger partial charge is 0.455 e. The molecule has 2 aliphatic rings. The molecule has 9 nitrogen and oxygen atoms in total. The number of rotatable bonds is 7. The smallest absolute Gasteiger partial charge is 0.255 e. The topological polar surface area (TPSA) is 126 Å². The van der Waals surface area contributed by atoms with E-state index in [0.717, 1.165) is 17.2 Å². The summed E-state index contributed by atoms with van der Waals surface area (Å²) >= 11 is 0. The van der Waals surface area contributed by atoms with Gasteiger partial charge in [0.1, 0.15) is 29.0 Å². The molecule has 2 aliphatic heterocycles. The molecular weight excluding hydrogens is 546 g/mol. The molecule has 1 saturated heterocycles. The molecule has 1 aromatic heterocycles. The number of carbonyl (C=O) groups is 4. The highest BCUT2D eigenvalue weighted by Gasteiger charge is 2.40. The zero-order valence-corrected chi connectivity index (χ0v) is 22.6. The molecule has 1 atom stereocenters. The van der Waals surface area contributed by atoms with Crippen LogP contribution in [0.15, 0.2) is 59.0 Å². The van der Waals surface area contributed by atoms with E-state index in [2.05, 4.69) is 5.32 Å². The van der Waals surface area contributed by atoms with Crippen molar-refractivity contribution in [1.29, 1.82) is 0 Å². The van der Waals surface area contributed by atoms with Crippen molar-refractivity contribution in [2.45, 2.75) is 38.5 Å². The van der Waals surface area contributed by atoms with Crippen molar-refractivity contribution in [3.05, 3.63) is 94.0 Å². The third kappa shape index (κ3) is 4.92. The maximum Gasteiger partial charge on any atom is 0.255 e. The number of carbonyl (C=O) groups excluding carboxylic acids is 4. The molecule has 0 spiro atoms. The molecule has 4 aromatic rings. The lowest BCUT2D eigenvalue weighted by Crippen LogP contribution is -2.52. The van der Waals surface area contributed by atoms with Crippen molar-refractivity contribution in [3.63, 3.8) is 0 Å². The van der Waals surface area contributed by atoms with Crippen molar-refractivity contribution < 1.29 is 32.4 Å². The molecule has 3 N–H and O–H groups in total. The van der Waals surface area contributed by atoms with Gasteiger partial charge >= 0.3 is 0 Å². The van der Waals surface area contributed by atoms with Gasteiger partial charge in [-0.15, -0.1) is 0 Å². The first-order valence-electron chi connectivity index (χ1n) is 13.3. The zero-order chi connectivity index (χ0) is 29.7. The van der Waals surface area contributed by atoms with Crippen LogP contribution in [0.3, 0.4) is 0 Å². The van der Waals surface area contributed by atoms with Gasteiger partial charge in [-0.3, -0.25) is 29.4 Å². The number of nitrogens with one attached hydrogen (secondary N) is 1. The van der Waals surface area contributed by atoms with Gasteiger partial charge in [-0.2, -0.15) is 0 Å². The maximum atomic E-state index is 15.6. The number of imide groups is 1. The Morgan fingerprint density at radius 1 is 1.07 bits per heavy atom. The van der Waals surface area contributed by atoms with Crippen molar-refractivity contribution in [1.82, 2.24) is 15.1 Å². The molecule has 3 aromatic carbocycles. The van der Waals surface area contributed by atoms with Crippen LogP contribution in [0.1, 0.15) is 50.2 Å². The molecule has 11 heteroatoms. The lowest BCUT2D eigenvalue weighted by Gasteiger charge is -2.29. The van der Waals surface area contributed by atoms with E-state index in [-0.39, 0.29) is 54.1 Å². The second-order valence-corrected chi connectivity index (χ2v) is 10.7. The van der Waals surface area contributed by atoms with Crippen LogP contribution >= 0.6 is 0 Å². The van der Waals surface area contributed by atoms with E-state index in [1.165, 1.54) is 11.0 Å². The summed E-state index contributed by atoms with van der Waals surface area (Å²) in [5, 5.41) is 2.68. The van der Waals surface area contributed by atoms with Gasteiger partial charge in [0, 0.05) is 47.2 Å². The van der Waals surface area contributed by atoms with Crippen molar-refractivity contribution in [2.75, 3.05) is 7.05 Å². The summed E-state index contributed by atoms with van der Waals surface area (Å²) < 4.78 is 35.3. The SMILES string of the molecule is CN(Cc1ccc(-c2cc3cc(F)cc(C(N)=O)c3o2)cc1)Cc1ccc2c(c1F)CN(C1CCC(=O)NC1=O)C2=O. The highest BCUT2D eigenvalue weighted by atomic mass is 19.1. The quantitative estimate of drug-likeness (QED) is 0.324. The van der Waals surface area contributed by atoms with Crippen molar-refractivity contribution in [3.8, 4) is 11.3 Å². The third-order valence-corrected chi connectivity index (χ3v) is 7.71. The number of primary amides is 1. The van der Waals surface area contributed by atoms with Gasteiger partial charge in [0.25, 0.3) is 11.8 Å². The average molecular weight is 573 g/mol. The summed E-state index contributed by atoms with van der Waals surface area (Å²) in [4.78, 5) is 51.7. The van der Waals surface area contributed by atoms with E-state index < -0.39 is 35.4 Å². The zero-order valence-electron chi connectivity index (χ0n) is 22.6. The van der Waals surface area contributed by atoms with Crippen LogP contribution in [0, 0.1) is 11.6 Å². The number of hydrogen-bond acceptors (Lipinski definition) is 6. The van der Waals surface area contributed by atoms with Gasteiger partial charge in [-0.05, 0) is 43.3 Å². The van der Waals surface area contributed by atoms with Gasteiger partial charge < -0.3 is 15.1 Å². The summed E-state index contributed by atoms with van der Waals surface area (Å²) in [6, 6.07) is 13.8. The Morgan fingerprint density at radius 3 is 2.55 bits per heavy atom. The van der Waals surface area contributed by atoms with Gasteiger partial charge in [-0.1, -0.05) is 30.3 Å². The Hall–Kier alpha value is -4.90. The first kappa shape index (κ1) is 27.3. The van der Waals surface area contributed by atoms with E-state index in [9.17, 15) is 23.6 Å². The average Bonchev–Trinajstić information content (AvgIpc) is 3.51. The molecule has 6 rings (SSSR count). The van der Waals surface area contributed by atoms with E-state index in [4.69, 9.17) is 10.2 Å². The summed E-state index contributed by atoms with van der Waals surface area (Å²) in [5.41, 5.74) is 8.15. The fourth-order valence-electron chi connectivity index (χ4n) is 5.65. The Kier molecular flexibility index (Phi) is 6.82. The number of fused-ring (bicyclic) bond motifs is 2. The number of nitrogens with zero attached hydrogens (tertiary/aromatic N) is 2. The second kappa shape index (κ2) is 10.5. The molecule has 1 unspecified atom stereocenters. The Labute approximate surface area is 238 Å². The number of hydrogen-bond donors (Lipinski definition) is 2. The van der Waals surface area contributed by atoms with Crippen LogP contribution in [-0.2, 0) is 29.2 Å². The first-order valence-corrected chi connectivity index (χ1v) is 13.3. The van der Waals surface area contributed by atoms with Crippen LogP contribution < -0.4 is 11.1 Å². The summed E-state index contributed by atoms with van der Waals surface area (Å²) in [6.45, 7) is 0.745. The molecule has 4 amide bonds. The maximum absolute atomic E-state index is 15.6. The number of amides is 4. The Balaban J connectivity index is 1.14. The van der Waals surface area contributed by atoms with Crippen LogP contribution in [0.25, 0.3) is 22.3 Å². The minimum Gasteiger partial charge on any atom is -0.455 e. The minimum absolute atomic E-state index is 0.0265. The highest BCUT2D eigenvalue weighted by molar-refractivity contribution is 6.06. The van der Waals surface area contributed by atoms with E-state index in [0.29, 0.717) is 23.3 Å². The lowest BCUT2D eigenvalue weighted by molar-refractivity contribution is -0.136. The number of piperidine rings is 1. The number of nitrogens with two attached hydrogens (primary N) is 1. The van der Waals surface area contributed by atoms with Crippen molar-refractivity contribution in [2.24, 2.45) is 5.73 Å². The van der Waals surface area contributed by atoms with E-state index >= 15 is 4.39 Å². The molecular formula is C31H26F2N4O5. The van der Waals surface area contributed by atoms with Crippen molar-refractivity contribution >= 4 is 34.6 Å². The molecule has 0 bridgehead atoms. The van der Waals surface area contributed by atoms with Gasteiger partial charge in [0.05, 0.1) is 12.1 Å². The minimum atomic E-state index is -0.804. The van der Waals surface area contributed by atoms with Crippen LogP contribution in [0.4, 0.5) is 8.78 Å². The molecule has 0 aliphatic carbocycles. The first-order chi connectivity index (χ1) is 20.1. The highest BCUT2D eigenvalue weighted by Crippen LogP contribution is 2.33. The molecule has 1 fully saturated rings. The predicted molar refractivity (Wildman–Crippen MR) is 148 cm³/mol. The molecule has 0 saturated carbocycles. The van der Waals surface area contributed by atoms with Crippen LogP contribution in [0.5, 0.6) is 0 Å². The predicted octanol–water partition coefficient (Wildman–Crippen LogP) is 3.87. The molecule has 214 valence electrons. The molecule has 0 radical (unpaired) electrons. The second-order valence-electron chi connectivity index (χ2n) is 10.7. The normalized spacial score (nSPS) is 16.8. The Morgan fingerprint density at radius 2 is 1.83 bits per heavy atom. The standard InChI is InChI=1S/C31H26F2N4O5/c1-36(13-16-2-4-17(5-3-16)25-11-19-10-20(32)12-22(29(34)39)28(19)42-25)14-18-6-7-21-23(27(18)33)15-37(31(21)41)24-8-9-26(38)35-30(24)40/h2-7,10-12,24H,8-9,13-15H2,1H3,(H2,34,39)(H,35,38,40). The van der Waals surface area contributed by atoms with Crippen LogP contribution in [-0.4, -0.2) is 46.5 Å². The summed E-state index contributed by atoms with van der Waals surface area (Å²) in [7, 11) is 1.85. The number of furan rings is 1. The summed E-state index contributed by atoms with van der Waals surface area (Å²) in [6.07, 6.45) is 0.341. The fourth-order valence-corrected chi connectivity index (χ4v) is 5.65. The monoisotopic (exact) mass is 572 g/mol.